The van der Waals surface area contributed by atoms with Crippen molar-refractivity contribution in [3.05, 3.63) is 65.1 Å². The number of ether oxygens (including phenoxy) is 1. The fraction of sp³-hybridized carbons (Fsp3) is 0.211. The molecule has 0 spiro atoms. The number of methoxy groups -OCH3 is 1. The van der Waals surface area contributed by atoms with E-state index in [9.17, 15) is 4.79 Å². The van der Waals surface area contributed by atoms with Crippen LogP contribution in [-0.2, 0) is 19.4 Å². The van der Waals surface area contributed by atoms with Crippen LogP contribution in [0.15, 0.2) is 42.7 Å². The van der Waals surface area contributed by atoms with Crippen LogP contribution in [0.25, 0.3) is 11.3 Å². The van der Waals surface area contributed by atoms with Crippen molar-refractivity contribution in [3.8, 4) is 17.0 Å². The summed E-state index contributed by atoms with van der Waals surface area (Å²) in [4.78, 5) is 16.6. The van der Waals surface area contributed by atoms with Gasteiger partial charge in [0.2, 0.25) is 0 Å². The molecule has 1 amide bonds. The number of aryl methyl sites for hydroxylation is 1. The van der Waals surface area contributed by atoms with E-state index >= 15 is 0 Å². The largest absolute Gasteiger partial charge is 0.497 e. The molecule has 0 bridgehead atoms. The first-order chi connectivity index (χ1) is 12.3. The Hall–Kier alpha value is -3.15. The summed E-state index contributed by atoms with van der Waals surface area (Å²) in [6, 6.07) is 9.74. The van der Waals surface area contributed by atoms with E-state index in [1.54, 1.807) is 19.5 Å². The van der Waals surface area contributed by atoms with Crippen molar-refractivity contribution in [3.63, 3.8) is 0 Å². The van der Waals surface area contributed by atoms with E-state index in [2.05, 4.69) is 20.5 Å². The molecule has 3 aromatic rings. The molecule has 6 heteroatoms. The molecule has 1 aromatic carbocycles. The van der Waals surface area contributed by atoms with Crippen LogP contribution in [0.2, 0.25) is 0 Å². The number of hydrogen-bond donors (Lipinski definition) is 2. The normalized spacial score (nSPS) is 12.2. The standard InChI is InChI=1S/C19H18N4O2/c1-25-14-5-7-15-13(9-14)4-6-16-17(15)22-23-18(16)19(24)21-11-12-3-2-8-20-10-12/h2-3,5,7-10H,4,6,11H2,1H3,(H,21,24)(H,22,23). The van der Waals surface area contributed by atoms with Gasteiger partial charge in [0, 0.05) is 30.1 Å². The van der Waals surface area contributed by atoms with Crippen molar-refractivity contribution in [1.82, 2.24) is 20.5 Å². The zero-order chi connectivity index (χ0) is 17.2. The number of H-pyrrole nitrogens is 1. The van der Waals surface area contributed by atoms with Gasteiger partial charge in [-0.15, -0.1) is 0 Å². The van der Waals surface area contributed by atoms with Gasteiger partial charge in [0.25, 0.3) is 5.91 Å². The summed E-state index contributed by atoms with van der Waals surface area (Å²) in [5, 5.41) is 10.2. The van der Waals surface area contributed by atoms with Crippen LogP contribution in [0.5, 0.6) is 5.75 Å². The maximum absolute atomic E-state index is 12.5. The Morgan fingerprint density at radius 3 is 3.04 bits per heavy atom. The number of pyridine rings is 1. The molecule has 4 rings (SSSR count). The van der Waals surface area contributed by atoms with Gasteiger partial charge in [-0.25, -0.2) is 0 Å². The maximum atomic E-state index is 12.5. The molecule has 1 aliphatic rings. The number of benzene rings is 1. The van der Waals surface area contributed by atoms with Crippen molar-refractivity contribution >= 4 is 5.91 Å². The molecule has 0 radical (unpaired) electrons. The molecule has 6 nitrogen and oxygen atoms in total. The van der Waals surface area contributed by atoms with Crippen molar-refractivity contribution in [2.45, 2.75) is 19.4 Å². The predicted molar refractivity (Wildman–Crippen MR) is 93.4 cm³/mol. The number of carbonyl (C=O) groups is 1. The summed E-state index contributed by atoms with van der Waals surface area (Å²) in [6.07, 6.45) is 5.10. The second-order valence-electron chi connectivity index (χ2n) is 5.99. The lowest BCUT2D eigenvalue weighted by atomic mass is 9.89. The zero-order valence-corrected chi connectivity index (χ0v) is 13.9. The highest BCUT2D eigenvalue weighted by atomic mass is 16.5. The van der Waals surface area contributed by atoms with Crippen molar-refractivity contribution in [2.24, 2.45) is 0 Å². The molecule has 25 heavy (non-hydrogen) atoms. The summed E-state index contributed by atoms with van der Waals surface area (Å²) in [7, 11) is 1.66. The molecule has 0 saturated heterocycles. The Kier molecular flexibility index (Phi) is 3.93. The number of amides is 1. The molecule has 2 aromatic heterocycles. The molecule has 0 fully saturated rings. The quantitative estimate of drug-likeness (QED) is 0.768. The fourth-order valence-corrected chi connectivity index (χ4v) is 3.19. The molecule has 126 valence electrons. The van der Waals surface area contributed by atoms with Crippen LogP contribution in [0, 0.1) is 0 Å². The van der Waals surface area contributed by atoms with Gasteiger partial charge in [-0.2, -0.15) is 5.10 Å². The smallest absolute Gasteiger partial charge is 0.269 e. The minimum atomic E-state index is -0.144. The molecule has 0 unspecified atom stereocenters. The summed E-state index contributed by atoms with van der Waals surface area (Å²) in [5.74, 6) is 0.696. The highest BCUT2D eigenvalue weighted by Crippen LogP contribution is 2.35. The van der Waals surface area contributed by atoms with Gasteiger partial charge in [0.15, 0.2) is 0 Å². The second kappa shape index (κ2) is 6.39. The molecule has 0 aliphatic heterocycles. The van der Waals surface area contributed by atoms with Gasteiger partial charge in [-0.3, -0.25) is 14.9 Å². The number of aromatic amines is 1. The topological polar surface area (TPSA) is 79.9 Å². The first kappa shape index (κ1) is 15.4. The Balaban J connectivity index is 1.57. The third kappa shape index (κ3) is 2.87. The SMILES string of the molecule is COc1ccc2c(c1)CCc1c-2n[nH]c1C(=O)NCc1cccnc1. The van der Waals surface area contributed by atoms with Crippen LogP contribution in [0.4, 0.5) is 0 Å². The predicted octanol–water partition coefficient (Wildman–Crippen LogP) is 2.51. The summed E-state index contributed by atoms with van der Waals surface area (Å²) in [6.45, 7) is 0.439. The number of carbonyl (C=O) groups excluding carboxylic acids is 1. The van der Waals surface area contributed by atoms with Crippen molar-refractivity contribution in [2.75, 3.05) is 7.11 Å². The van der Waals surface area contributed by atoms with E-state index in [1.807, 2.05) is 30.3 Å². The van der Waals surface area contributed by atoms with E-state index in [-0.39, 0.29) is 5.91 Å². The van der Waals surface area contributed by atoms with E-state index in [0.29, 0.717) is 12.2 Å². The Bertz CT molecular complexity index is 918. The third-order valence-electron chi connectivity index (χ3n) is 4.48. The minimum absolute atomic E-state index is 0.144. The van der Waals surface area contributed by atoms with E-state index in [1.165, 1.54) is 5.56 Å². The van der Waals surface area contributed by atoms with Crippen molar-refractivity contribution < 1.29 is 9.53 Å². The van der Waals surface area contributed by atoms with Gasteiger partial charge in [-0.05, 0) is 48.2 Å². The minimum Gasteiger partial charge on any atom is -0.497 e. The molecular weight excluding hydrogens is 316 g/mol. The van der Waals surface area contributed by atoms with E-state index in [0.717, 1.165) is 41.0 Å². The Morgan fingerprint density at radius 2 is 2.24 bits per heavy atom. The van der Waals surface area contributed by atoms with Crippen LogP contribution in [0.3, 0.4) is 0 Å². The lowest BCUT2D eigenvalue weighted by Gasteiger charge is -2.17. The summed E-state index contributed by atoms with van der Waals surface area (Å²) < 4.78 is 5.29. The first-order valence-corrected chi connectivity index (χ1v) is 8.18. The van der Waals surface area contributed by atoms with Crippen LogP contribution in [0.1, 0.15) is 27.2 Å². The van der Waals surface area contributed by atoms with Gasteiger partial charge >= 0.3 is 0 Å². The van der Waals surface area contributed by atoms with E-state index < -0.39 is 0 Å². The number of hydrogen-bond acceptors (Lipinski definition) is 4. The average molecular weight is 334 g/mol. The third-order valence-corrected chi connectivity index (χ3v) is 4.48. The average Bonchev–Trinajstić information content (AvgIpc) is 3.11. The van der Waals surface area contributed by atoms with Gasteiger partial charge in [0.1, 0.15) is 11.4 Å². The first-order valence-electron chi connectivity index (χ1n) is 8.18. The number of rotatable bonds is 4. The highest BCUT2D eigenvalue weighted by Gasteiger charge is 2.25. The Labute approximate surface area is 145 Å². The molecule has 2 N–H and O–H groups in total. The molecule has 0 saturated carbocycles. The number of fused-ring (bicyclic) bond motifs is 3. The van der Waals surface area contributed by atoms with Gasteiger partial charge in [-0.1, -0.05) is 6.07 Å². The van der Waals surface area contributed by atoms with Gasteiger partial charge < -0.3 is 10.1 Å². The molecule has 0 atom stereocenters. The Morgan fingerprint density at radius 1 is 1.32 bits per heavy atom. The number of aromatic nitrogens is 3. The van der Waals surface area contributed by atoms with Crippen molar-refractivity contribution in [1.29, 1.82) is 0 Å². The highest BCUT2D eigenvalue weighted by molar-refractivity contribution is 5.96. The monoisotopic (exact) mass is 334 g/mol. The fourth-order valence-electron chi connectivity index (χ4n) is 3.19. The van der Waals surface area contributed by atoms with Crippen LogP contribution < -0.4 is 10.1 Å². The zero-order valence-electron chi connectivity index (χ0n) is 13.9. The summed E-state index contributed by atoms with van der Waals surface area (Å²) in [5.41, 5.74) is 5.59. The lowest BCUT2D eigenvalue weighted by molar-refractivity contribution is 0.0945. The number of nitrogens with zero attached hydrogens (tertiary/aromatic N) is 2. The second-order valence-corrected chi connectivity index (χ2v) is 5.99. The van der Waals surface area contributed by atoms with Gasteiger partial charge in [0.05, 0.1) is 12.8 Å². The lowest BCUT2D eigenvalue weighted by Crippen LogP contribution is -2.24. The molecule has 2 heterocycles. The molecule has 1 aliphatic carbocycles. The maximum Gasteiger partial charge on any atom is 0.269 e. The van der Waals surface area contributed by atoms with Crippen LogP contribution in [-0.4, -0.2) is 28.2 Å². The van der Waals surface area contributed by atoms with E-state index in [4.69, 9.17) is 4.74 Å². The van der Waals surface area contributed by atoms with Crippen LogP contribution >= 0.6 is 0 Å². The summed E-state index contributed by atoms with van der Waals surface area (Å²) >= 11 is 0. The number of nitrogens with one attached hydrogen (secondary N) is 2. The molecular formula is C19H18N4O2.